The number of imidazole rings is 1. The van der Waals surface area contributed by atoms with E-state index in [-0.39, 0.29) is 25.6 Å². The van der Waals surface area contributed by atoms with Crippen LogP contribution in [0.4, 0.5) is 9.59 Å². The van der Waals surface area contributed by atoms with Gasteiger partial charge in [-0.15, -0.1) is 12.4 Å². The molecule has 0 saturated heterocycles. The van der Waals surface area contributed by atoms with Crippen LogP contribution in [0.5, 0.6) is 0 Å². The van der Waals surface area contributed by atoms with Crippen molar-refractivity contribution in [3.63, 3.8) is 0 Å². The fourth-order valence-electron chi connectivity index (χ4n) is 2.28. The van der Waals surface area contributed by atoms with Crippen molar-refractivity contribution < 1.29 is 19.1 Å². The molecule has 0 saturated carbocycles. The topological polar surface area (TPSA) is 94.5 Å². The summed E-state index contributed by atoms with van der Waals surface area (Å²) in [6.45, 7) is 3.06. The van der Waals surface area contributed by atoms with E-state index in [1.165, 1.54) is 32.3 Å². The normalized spacial score (nSPS) is 10.0. The average molecular weight is 409 g/mol. The monoisotopic (exact) mass is 408 g/mol. The van der Waals surface area contributed by atoms with Gasteiger partial charge in [-0.25, -0.2) is 14.6 Å². The molecule has 0 fully saturated rings. The SMILES string of the molecule is CCCCCCn1c(SC)nc(COC(=O)NC)c1COC(=O)NC.Cl. The fourth-order valence-corrected chi connectivity index (χ4v) is 2.91. The van der Waals surface area contributed by atoms with E-state index in [1.54, 1.807) is 0 Å². The van der Waals surface area contributed by atoms with Crippen LogP contribution in [0.15, 0.2) is 5.16 Å². The number of carbonyl (C=O) groups excluding carboxylic acids is 2. The van der Waals surface area contributed by atoms with Gasteiger partial charge in [-0.3, -0.25) is 0 Å². The number of rotatable bonds is 10. The summed E-state index contributed by atoms with van der Waals surface area (Å²) in [7, 11) is 3.00. The molecule has 1 rings (SSSR count). The lowest BCUT2D eigenvalue weighted by molar-refractivity contribution is 0.131. The molecule has 26 heavy (non-hydrogen) atoms. The van der Waals surface area contributed by atoms with Crippen LogP contribution in [0.1, 0.15) is 44.0 Å². The Morgan fingerprint density at radius 3 is 2.23 bits per heavy atom. The number of aromatic nitrogens is 2. The van der Waals surface area contributed by atoms with Gasteiger partial charge in [-0.2, -0.15) is 0 Å². The minimum absolute atomic E-state index is 0. The van der Waals surface area contributed by atoms with Crippen molar-refractivity contribution in [3.05, 3.63) is 11.4 Å². The van der Waals surface area contributed by atoms with E-state index in [0.717, 1.165) is 36.7 Å². The lowest BCUT2D eigenvalue weighted by atomic mass is 10.2. The number of ether oxygens (including phenoxy) is 2. The molecule has 10 heteroatoms. The molecular weight excluding hydrogens is 380 g/mol. The zero-order valence-corrected chi connectivity index (χ0v) is 17.4. The van der Waals surface area contributed by atoms with E-state index in [9.17, 15) is 9.59 Å². The average Bonchev–Trinajstić information content (AvgIpc) is 2.97. The summed E-state index contributed by atoms with van der Waals surface area (Å²) in [4.78, 5) is 27.3. The van der Waals surface area contributed by atoms with Gasteiger partial charge in [0.1, 0.15) is 18.9 Å². The van der Waals surface area contributed by atoms with E-state index in [2.05, 4.69) is 22.5 Å². The minimum Gasteiger partial charge on any atom is -0.443 e. The fraction of sp³-hybridized carbons (Fsp3) is 0.688. The Bertz CT molecular complexity index is 569. The lowest BCUT2D eigenvalue weighted by Crippen LogP contribution is -2.21. The summed E-state index contributed by atoms with van der Waals surface area (Å²) in [5, 5.41) is 5.65. The molecule has 0 bridgehead atoms. The Labute approximate surface area is 165 Å². The summed E-state index contributed by atoms with van der Waals surface area (Å²) in [6, 6.07) is 0. The Hall–Kier alpha value is -1.61. The van der Waals surface area contributed by atoms with Crippen molar-refractivity contribution in [2.45, 2.75) is 57.5 Å². The van der Waals surface area contributed by atoms with Gasteiger partial charge in [0.15, 0.2) is 5.16 Å². The number of alkyl carbamates (subject to hydrolysis) is 2. The third-order valence-electron chi connectivity index (χ3n) is 3.63. The molecule has 0 aliphatic heterocycles. The summed E-state index contributed by atoms with van der Waals surface area (Å²) in [5.74, 6) is 0. The number of halogens is 1. The highest BCUT2D eigenvalue weighted by molar-refractivity contribution is 7.98. The predicted molar refractivity (Wildman–Crippen MR) is 104 cm³/mol. The number of hydrogen-bond acceptors (Lipinski definition) is 6. The molecule has 1 heterocycles. The smallest absolute Gasteiger partial charge is 0.407 e. The van der Waals surface area contributed by atoms with Crippen LogP contribution in [-0.4, -0.2) is 42.1 Å². The molecular formula is C16H29ClN4O4S. The molecule has 2 amide bonds. The summed E-state index contributed by atoms with van der Waals surface area (Å²) < 4.78 is 12.4. The van der Waals surface area contributed by atoms with Gasteiger partial charge in [0.25, 0.3) is 0 Å². The minimum atomic E-state index is -0.527. The van der Waals surface area contributed by atoms with Crippen LogP contribution in [0, 0.1) is 0 Å². The summed E-state index contributed by atoms with van der Waals surface area (Å²) >= 11 is 1.51. The maximum atomic E-state index is 11.4. The molecule has 1 aromatic heterocycles. The van der Waals surface area contributed by atoms with Crippen LogP contribution in [-0.2, 0) is 29.2 Å². The molecule has 0 aliphatic carbocycles. The molecule has 2 N–H and O–H groups in total. The second-order valence-electron chi connectivity index (χ2n) is 5.36. The maximum Gasteiger partial charge on any atom is 0.407 e. The van der Waals surface area contributed by atoms with Crippen molar-refractivity contribution in [1.82, 2.24) is 20.2 Å². The van der Waals surface area contributed by atoms with Gasteiger partial charge >= 0.3 is 12.2 Å². The second-order valence-corrected chi connectivity index (χ2v) is 6.13. The van der Waals surface area contributed by atoms with Gasteiger partial charge < -0.3 is 24.7 Å². The first-order valence-electron chi connectivity index (χ1n) is 8.38. The zero-order chi connectivity index (χ0) is 18.7. The lowest BCUT2D eigenvalue weighted by Gasteiger charge is -2.12. The first kappa shape index (κ1) is 24.4. The number of nitrogens with one attached hydrogen (secondary N) is 2. The number of hydrogen-bond donors (Lipinski definition) is 2. The standard InChI is InChI=1S/C16H28N4O4S.ClH/c1-5-6-7-8-9-20-13(11-24-16(22)18-3)12(19-14(20)25-4)10-23-15(21)17-2;/h5-11H2,1-4H3,(H,17,21)(H,18,22);1H. The van der Waals surface area contributed by atoms with E-state index >= 15 is 0 Å². The van der Waals surface area contributed by atoms with E-state index < -0.39 is 12.2 Å². The van der Waals surface area contributed by atoms with Gasteiger partial charge in [0.2, 0.25) is 0 Å². The van der Waals surface area contributed by atoms with Gasteiger partial charge in [-0.1, -0.05) is 37.9 Å². The second kappa shape index (κ2) is 13.6. The Kier molecular flexibility index (Phi) is 12.7. The molecule has 0 radical (unpaired) electrons. The van der Waals surface area contributed by atoms with Crippen molar-refractivity contribution in [2.75, 3.05) is 20.4 Å². The molecule has 8 nitrogen and oxygen atoms in total. The molecule has 0 aliphatic rings. The van der Waals surface area contributed by atoms with E-state index in [4.69, 9.17) is 9.47 Å². The molecule has 150 valence electrons. The molecule has 0 aromatic carbocycles. The quantitative estimate of drug-likeness (QED) is 0.455. The van der Waals surface area contributed by atoms with Crippen molar-refractivity contribution in [2.24, 2.45) is 0 Å². The predicted octanol–water partition coefficient (Wildman–Crippen LogP) is 3.32. The Morgan fingerprint density at radius 1 is 1.08 bits per heavy atom. The van der Waals surface area contributed by atoms with Crippen LogP contribution >= 0.6 is 24.2 Å². The van der Waals surface area contributed by atoms with Crippen LogP contribution < -0.4 is 10.6 Å². The zero-order valence-electron chi connectivity index (χ0n) is 15.8. The number of nitrogens with zero attached hydrogens (tertiary/aromatic N) is 2. The van der Waals surface area contributed by atoms with E-state index in [1.807, 2.05) is 10.8 Å². The number of unbranched alkanes of at least 4 members (excludes halogenated alkanes) is 3. The first-order chi connectivity index (χ1) is 12.1. The Balaban J connectivity index is 0.00000625. The van der Waals surface area contributed by atoms with E-state index in [0.29, 0.717) is 5.69 Å². The maximum absolute atomic E-state index is 11.4. The third-order valence-corrected chi connectivity index (χ3v) is 4.30. The first-order valence-corrected chi connectivity index (χ1v) is 9.61. The molecule has 0 atom stereocenters. The van der Waals surface area contributed by atoms with Crippen LogP contribution in [0.3, 0.4) is 0 Å². The van der Waals surface area contributed by atoms with Crippen LogP contribution in [0.25, 0.3) is 0 Å². The highest BCUT2D eigenvalue weighted by Gasteiger charge is 2.19. The van der Waals surface area contributed by atoms with Crippen molar-refractivity contribution in [3.8, 4) is 0 Å². The summed E-state index contributed by atoms with van der Waals surface area (Å²) in [5.41, 5.74) is 1.36. The summed E-state index contributed by atoms with van der Waals surface area (Å²) in [6.07, 6.45) is 5.39. The molecule has 1 aromatic rings. The highest BCUT2D eigenvalue weighted by Crippen LogP contribution is 2.23. The van der Waals surface area contributed by atoms with Gasteiger partial charge in [0.05, 0.1) is 5.69 Å². The molecule has 0 unspecified atom stereocenters. The number of carbonyl (C=O) groups is 2. The number of thioether (sulfide) groups is 1. The van der Waals surface area contributed by atoms with Crippen molar-refractivity contribution >= 4 is 36.4 Å². The third kappa shape index (κ3) is 7.74. The van der Waals surface area contributed by atoms with Crippen LogP contribution in [0.2, 0.25) is 0 Å². The highest BCUT2D eigenvalue weighted by atomic mass is 35.5. The van der Waals surface area contributed by atoms with Gasteiger partial charge in [-0.05, 0) is 12.7 Å². The molecule has 0 spiro atoms. The number of amides is 2. The van der Waals surface area contributed by atoms with Gasteiger partial charge in [0, 0.05) is 20.6 Å². The largest absolute Gasteiger partial charge is 0.443 e. The Morgan fingerprint density at radius 2 is 1.69 bits per heavy atom. The van der Waals surface area contributed by atoms with Crippen molar-refractivity contribution in [1.29, 1.82) is 0 Å².